The fraction of sp³-hybridized carbons (Fsp3) is 0.583. The number of rotatable bonds is 3. The summed E-state index contributed by atoms with van der Waals surface area (Å²) >= 11 is 0. The second-order valence-corrected chi connectivity index (χ2v) is 4.04. The van der Waals surface area contributed by atoms with Gasteiger partial charge in [0.25, 0.3) is 0 Å². The van der Waals surface area contributed by atoms with Crippen LogP contribution in [0.1, 0.15) is 18.5 Å². The molecule has 1 atom stereocenters. The van der Waals surface area contributed by atoms with Gasteiger partial charge in [-0.1, -0.05) is 0 Å². The summed E-state index contributed by atoms with van der Waals surface area (Å²) in [5.74, 6) is 0.656. The van der Waals surface area contributed by atoms with E-state index in [-0.39, 0.29) is 0 Å². The Hall–Kier alpha value is -1.29. The Labute approximate surface area is 96.0 Å². The van der Waals surface area contributed by atoms with Gasteiger partial charge in [-0.2, -0.15) is 0 Å². The van der Waals surface area contributed by atoms with Crippen LogP contribution in [0.25, 0.3) is 0 Å². The number of nitrogens with zero attached hydrogens (tertiary/aromatic N) is 1. The summed E-state index contributed by atoms with van der Waals surface area (Å²) in [5, 5.41) is 3.46. The number of ether oxygens (including phenoxy) is 2. The number of pyridine rings is 1. The Kier molecular flexibility index (Phi) is 3.62. The van der Waals surface area contributed by atoms with E-state index in [9.17, 15) is 0 Å². The highest BCUT2D eigenvalue weighted by Gasteiger charge is 2.14. The minimum absolute atomic E-state index is 0.405. The maximum atomic E-state index is 5.43. The molecule has 1 unspecified atom stereocenters. The molecule has 1 fully saturated rings. The average molecular weight is 222 g/mol. The molecule has 88 valence electrons. The molecule has 1 saturated heterocycles. The van der Waals surface area contributed by atoms with Crippen LogP contribution in [0.3, 0.4) is 0 Å². The van der Waals surface area contributed by atoms with E-state index in [0.29, 0.717) is 11.9 Å². The van der Waals surface area contributed by atoms with Crippen molar-refractivity contribution in [1.82, 2.24) is 4.98 Å². The van der Waals surface area contributed by atoms with Crippen molar-refractivity contribution in [2.24, 2.45) is 0 Å². The van der Waals surface area contributed by atoms with Gasteiger partial charge in [0.2, 0.25) is 5.88 Å². The number of hydrogen-bond acceptors (Lipinski definition) is 4. The lowest BCUT2D eigenvalue weighted by molar-refractivity contribution is 0.0876. The van der Waals surface area contributed by atoms with Gasteiger partial charge in [0.15, 0.2) is 0 Å². The van der Waals surface area contributed by atoms with Gasteiger partial charge >= 0.3 is 0 Å². The standard InChI is InChI=1S/C12H18N2O2/c1-9-11(5-6-12(13-9)15-2)14-10-4-3-7-16-8-10/h5-6,10,14H,3-4,7-8H2,1-2H3. The Morgan fingerprint density at radius 1 is 1.50 bits per heavy atom. The Morgan fingerprint density at radius 3 is 3.00 bits per heavy atom. The predicted octanol–water partition coefficient (Wildman–Crippen LogP) is 1.99. The number of nitrogens with one attached hydrogen (secondary N) is 1. The first-order chi connectivity index (χ1) is 7.79. The van der Waals surface area contributed by atoms with Crippen LogP contribution in [0.5, 0.6) is 5.88 Å². The van der Waals surface area contributed by atoms with Gasteiger partial charge in [0.1, 0.15) is 0 Å². The first kappa shape index (κ1) is 11.2. The topological polar surface area (TPSA) is 43.4 Å². The van der Waals surface area contributed by atoms with Crippen molar-refractivity contribution in [3.8, 4) is 5.88 Å². The number of methoxy groups -OCH3 is 1. The molecule has 16 heavy (non-hydrogen) atoms. The molecule has 0 aliphatic carbocycles. The molecule has 1 aliphatic rings. The fourth-order valence-corrected chi connectivity index (χ4v) is 1.88. The van der Waals surface area contributed by atoms with E-state index in [1.165, 1.54) is 0 Å². The molecule has 0 amide bonds. The largest absolute Gasteiger partial charge is 0.481 e. The third-order valence-electron chi connectivity index (χ3n) is 2.79. The highest BCUT2D eigenvalue weighted by molar-refractivity contribution is 5.49. The Balaban J connectivity index is 2.03. The molecule has 4 heteroatoms. The van der Waals surface area contributed by atoms with E-state index in [1.807, 2.05) is 19.1 Å². The molecule has 1 aromatic heterocycles. The number of anilines is 1. The first-order valence-electron chi connectivity index (χ1n) is 5.65. The van der Waals surface area contributed by atoms with Crippen LogP contribution in [0.2, 0.25) is 0 Å². The molecule has 2 heterocycles. The van der Waals surface area contributed by atoms with Crippen molar-refractivity contribution in [1.29, 1.82) is 0 Å². The normalized spacial score (nSPS) is 20.5. The minimum atomic E-state index is 0.405. The van der Waals surface area contributed by atoms with Crippen LogP contribution in [-0.2, 0) is 4.74 Å². The van der Waals surface area contributed by atoms with E-state index < -0.39 is 0 Å². The van der Waals surface area contributed by atoms with Crippen LogP contribution < -0.4 is 10.1 Å². The summed E-state index contributed by atoms with van der Waals surface area (Å²) in [5.41, 5.74) is 2.03. The van der Waals surface area contributed by atoms with Gasteiger partial charge in [0, 0.05) is 18.7 Å². The summed E-state index contributed by atoms with van der Waals surface area (Å²) < 4.78 is 10.5. The van der Waals surface area contributed by atoms with Crippen molar-refractivity contribution >= 4 is 5.69 Å². The monoisotopic (exact) mass is 222 g/mol. The van der Waals surface area contributed by atoms with Gasteiger partial charge in [-0.05, 0) is 25.8 Å². The zero-order valence-electron chi connectivity index (χ0n) is 9.82. The van der Waals surface area contributed by atoms with E-state index in [4.69, 9.17) is 9.47 Å². The lowest BCUT2D eigenvalue weighted by Gasteiger charge is -2.24. The lowest BCUT2D eigenvalue weighted by atomic mass is 10.1. The zero-order valence-corrected chi connectivity index (χ0v) is 9.82. The van der Waals surface area contributed by atoms with E-state index >= 15 is 0 Å². The van der Waals surface area contributed by atoms with Gasteiger partial charge < -0.3 is 14.8 Å². The van der Waals surface area contributed by atoms with Gasteiger partial charge in [-0.15, -0.1) is 0 Å². The van der Waals surface area contributed by atoms with Crippen LogP contribution in [0.15, 0.2) is 12.1 Å². The first-order valence-corrected chi connectivity index (χ1v) is 5.65. The number of aromatic nitrogens is 1. The number of aryl methyl sites for hydroxylation is 1. The molecule has 1 aliphatic heterocycles. The smallest absolute Gasteiger partial charge is 0.213 e. The molecular weight excluding hydrogens is 204 g/mol. The molecule has 0 aromatic carbocycles. The average Bonchev–Trinajstić information content (AvgIpc) is 2.33. The predicted molar refractivity (Wildman–Crippen MR) is 63.0 cm³/mol. The molecule has 0 spiro atoms. The van der Waals surface area contributed by atoms with Crippen molar-refractivity contribution in [2.75, 3.05) is 25.6 Å². The van der Waals surface area contributed by atoms with Gasteiger partial charge in [-0.25, -0.2) is 4.98 Å². The SMILES string of the molecule is COc1ccc(NC2CCCOC2)c(C)n1. The zero-order chi connectivity index (χ0) is 11.4. The van der Waals surface area contributed by atoms with Crippen molar-refractivity contribution < 1.29 is 9.47 Å². The van der Waals surface area contributed by atoms with Crippen molar-refractivity contribution in [3.05, 3.63) is 17.8 Å². The molecule has 0 bridgehead atoms. The molecule has 2 rings (SSSR count). The molecular formula is C12H18N2O2. The second kappa shape index (κ2) is 5.16. The molecule has 0 radical (unpaired) electrons. The fourth-order valence-electron chi connectivity index (χ4n) is 1.88. The highest BCUT2D eigenvalue weighted by atomic mass is 16.5. The van der Waals surface area contributed by atoms with Gasteiger partial charge in [0.05, 0.1) is 25.1 Å². The van der Waals surface area contributed by atoms with Crippen LogP contribution >= 0.6 is 0 Å². The molecule has 1 N–H and O–H groups in total. The molecule has 1 aromatic rings. The van der Waals surface area contributed by atoms with E-state index in [1.54, 1.807) is 7.11 Å². The maximum absolute atomic E-state index is 5.43. The van der Waals surface area contributed by atoms with Crippen molar-refractivity contribution in [2.45, 2.75) is 25.8 Å². The van der Waals surface area contributed by atoms with E-state index in [0.717, 1.165) is 37.4 Å². The second-order valence-electron chi connectivity index (χ2n) is 4.04. The quantitative estimate of drug-likeness (QED) is 0.849. The third-order valence-corrected chi connectivity index (χ3v) is 2.79. The molecule has 4 nitrogen and oxygen atoms in total. The summed E-state index contributed by atoms with van der Waals surface area (Å²) in [6, 6.07) is 4.29. The Morgan fingerprint density at radius 2 is 2.38 bits per heavy atom. The summed E-state index contributed by atoms with van der Waals surface area (Å²) in [4.78, 5) is 4.33. The Bertz CT molecular complexity index is 349. The molecule has 0 saturated carbocycles. The summed E-state index contributed by atoms with van der Waals surface area (Å²) in [6.07, 6.45) is 2.28. The number of hydrogen-bond donors (Lipinski definition) is 1. The lowest BCUT2D eigenvalue weighted by Crippen LogP contribution is -2.30. The summed E-state index contributed by atoms with van der Waals surface area (Å²) in [6.45, 7) is 3.65. The van der Waals surface area contributed by atoms with Crippen LogP contribution in [0.4, 0.5) is 5.69 Å². The maximum Gasteiger partial charge on any atom is 0.213 e. The summed E-state index contributed by atoms with van der Waals surface area (Å²) in [7, 11) is 1.63. The van der Waals surface area contributed by atoms with Crippen LogP contribution in [0, 0.1) is 6.92 Å². The third kappa shape index (κ3) is 2.64. The van der Waals surface area contributed by atoms with Gasteiger partial charge in [-0.3, -0.25) is 0 Å². The van der Waals surface area contributed by atoms with Crippen LogP contribution in [-0.4, -0.2) is 31.3 Å². The van der Waals surface area contributed by atoms with E-state index in [2.05, 4.69) is 10.3 Å². The minimum Gasteiger partial charge on any atom is -0.481 e. The highest BCUT2D eigenvalue weighted by Crippen LogP contribution is 2.19. The van der Waals surface area contributed by atoms with Crippen molar-refractivity contribution in [3.63, 3.8) is 0 Å².